The number of ether oxygens (including phenoxy) is 3. The molecule has 0 radical (unpaired) electrons. The van der Waals surface area contributed by atoms with E-state index >= 15 is 0 Å². The number of nitrogens with zero attached hydrogens (tertiary/aromatic N) is 3. The first-order chi connectivity index (χ1) is 19.1. The van der Waals surface area contributed by atoms with Crippen LogP contribution in [0.1, 0.15) is 6.42 Å². The van der Waals surface area contributed by atoms with E-state index in [9.17, 15) is 13.6 Å². The number of benzene rings is 1. The van der Waals surface area contributed by atoms with Crippen LogP contribution >= 0.6 is 15.9 Å². The maximum atomic E-state index is 15.0. The molecule has 0 atom stereocenters. The van der Waals surface area contributed by atoms with E-state index in [-0.39, 0.29) is 11.4 Å². The number of aromatic nitrogens is 2. The summed E-state index contributed by atoms with van der Waals surface area (Å²) < 4.78 is 49.3. The second-order valence-electron chi connectivity index (χ2n) is 10.9. The highest BCUT2D eigenvalue weighted by molar-refractivity contribution is 9.10. The van der Waals surface area contributed by atoms with Crippen LogP contribution in [0.4, 0.5) is 19.3 Å². The number of rotatable bonds is 12. The van der Waals surface area contributed by atoms with Crippen molar-refractivity contribution in [2.75, 3.05) is 51.3 Å². The summed E-state index contributed by atoms with van der Waals surface area (Å²) in [7, 11) is -1.22. The SMILES string of the molecule is C[Si](C)(C)CCOCn1cc(Br)c2c(Oc3c(F)cc(NC(=O)NCCCN4CCOCC4)cc3F)ccnc21. The number of nitrogens with one attached hydrogen (secondary N) is 2. The second kappa shape index (κ2) is 13.9. The molecule has 1 saturated heterocycles. The van der Waals surface area contributed by atoms with E-state index in [1.54, 1.807) is 12.3 Å². The molecule has 0 aliphatic carbocycles. The summed E-state index contributed by atoms with van der Waals surface area (Å²) in [4.78, 5) is 18.9. The van der Waals surface area contributed by atoms with E-state index in [2.05, 4.69) is 56.1 Å². The summed E-state index contributed by atoms with van der Waals surface area (Å²) in [5.74, 6) is -2.24. The van der Waals surface area contributed by atoms with E-state index in [4.69, 9.17) is 14.2 Å². The Bertz CT molecular complexity index is 1290. The zero-order chi connectivity index (χ0) is 28.7. The van der Waals surface area contributed by atoms with Gasteiger partial charge in [0.1, 0.15) is 18.1 Å². The molecular weight excluding hydrogens is 604 g/mol. The number of hydrogen-bond acceptors (Lipinski definition) is 6. The molecule has 3 heterocycles. The van der Waals surface area contributed by atoms with Gasteiger partial charge in [0.05, 0.1) is 18.6 Å². The topological polar surface area (TPSA) is 89.9 Å². The fraction of sp³-hybridized carbons (Fsp3) is 0.481. The van der Waals surface area contributed by atoms with E-state index in [1.807, 2.05) is 4.57 Å². The lowest BCUT2D eigenvalue weighted by Gasteiger charge is -2.26. The fourth-order valence-corrected chi connectivity index (χ4v) is 5.58. The van der Waals surface area contributed by atoms with Crippen LogP contribution < -0.4 is 15.4 Å². The molecule has 1 aromatic carbocycles. The van der Waals surface area contributed by atoms with Gasteiger partial charge in [-0.3, -0.25) is 4.90 Å². The van der Waals surface area contributed by atoms with Crippen LogP contribution in [0.2, 0.25) is 25.7 Å². The summed E-state index contributed by atoms with van der Waals surface area (Å²) in [5.41, 5.74) is 0.539. The number of carbonyl (C=O) groups is 1. The summed E-state index contributed by atoms with van der Waals surface area (Å²) >= 11 is 3.51. The van der Waals surface area contributed by atoms with E-state index in [0.29, 0.717) is 48.6 Å². The number of anilines is 1. The molecule has 40 heavy (non-hydrogen) atoms. The Hall–Kier alpha value is -2.58. The highest BCUT2D eigenvalue weighted by Gasteiger charge is 2.20. The molecule has 9 nitrogen and oxygen atoms in total. The molecule has 2 aromatic heterocycles. The summed E-state index contributed by atoms with van der Waals surface area (Å²) in [6.45, 7) is 12.3. The average molecular weight is 641 g/mol. The van der Waals surface area contributed by atoms with Gasteiger partial charge in [0.2, 0.25) is 0 Å². The van der Waals surface area contributed by atoms with Crippen molar-refractivity contribution in [1.29, 1.82) is 0 Å². The van der Waals surface area contributed by atoms with Gasteiger partial charge in [0.15, 0.2) is 17.4 Å². The predicted octanol–water partition coefficient (Wildman–Crippen LogP) is 6.03. The summed E-state index contributed by atoms with van der Waals surface area (Å²) in [5, 5.41) is 5.75. The van der Waals surface area contributed by atoms with Crippen molar-refractivity contribution in [3.63, 3.8) is 0 Å². The number of urea groups is 1. The van der Waals surface area contributed by atoms with Gasteiger partial charge in [-0.25, -0.2) is 18.6 Å². The number of morpholine rings is 1. The lowest BCUT2D eigenvalue weighted by Crippen LogP contribution is -2.38. The van der Waals surface area contributed by atoms with Gasteiger partial charge in [-0.15, -0.1) is 0 Å². The molecule has 4 rings (SSSR count). The quantitative estimate of drug-likeness (QED) is 0.186. The van der Waals surface area contributed by atoms with Crippen LogP contribution in [-0.2, 0) is 16.2 Å². The highest BCUT2D eigenvalue weighted by Crippen LogP contribution is 2.37. The maximum absolute atomic E-state index is 15.0. The average Bonchev–Trinajstić information content (AvgIpc) is 3.23. The lowest BCUT2D eigenvalue weighted by atomic mass is 10.2. The van der Waals surface area contributed by atoms with Crippen LogP contribution in [0.25, 0.3) is 11.0 Å². The summed E-state index contributed by atoms with van der Waals surface area (Å²) in [6, 6.07) is 4.09. The number of fused-ring (bicyclic) bond motifs is 1. The Labute approximate surface area is 242 Å². The number of halogens is 3. The maximum Gasteiger partial charge on any atom is 0.319 e. The Morgan fingerprint density at radius 2 is 1.93 bits per heavy atom. The largest absolute Gasteiger partial charge is 0.450 e. The van der Waals surface area contributed by atoms with Crippen molar-refractivity contribution in [2.45, 2.75) is 38.8 Å². The molecule has 2 amide bonds. The molecule has 2 N–H and O–H groups in total. The van der Waals surface area contributed by atoms with Crippen molar-refractivity contribution in [1.82, 2.24) is 19.8 Å². The normalized spacial score (nSPS) is 14.4. The first kappa shape index (κ1) is 30.4. The number of hydrogen-bond donors (Lipinski definition) is 2. The number of carbonyl (C=O) groups excluding carboxylic acids is 1. The zero-order valence-electron chi connectivity index (χ0n) is 23.1. The third-order valence-corrected chi connectivity index (χ3v) is 8.71. The second-order valence-corrected chi connectivity index (χ2v) is 17.3. The van der Waals surface area contributed by atoms with Crippen LogP contribution in [0.3, 0.4) is 0 Å². The van der Waals surface area contributed by atoms with Crippen molar-refractivity contribution in [2.24, 2.45) is 0 Å². The van der Waals surface area contributed by atoms with Crippen molar-refractivity contribution in [3.05, 3.63) is 46.7 Å². The Morgan fingerprint density at radius 1 is 1.20 bits per heavy atom. The Kier molecular flexibility index (Phi) is 10.5. The van der Waals surface area contributed by atoms with Gasteiger partial charge in [-0.1, -0.05) is 19.6 Å². The molecule has 0 bridgehead atoms. The fourth-order valence-electron chi connectivity index (χ4n) is 4.21. The summed E-state index contributed by atoms with van der Waals surface area (Å²) in [6.07, 6.45) is 4.07. The lowest BCUT2D eigenvalue weighted by molar-refractivity contribution is 0.0375. The third-order valence-electron chi connectivity index (χ3n) is 6.41. The minimum atomic E-state index is -1.22. The van der Waals surface area contributed by atoms with E-state index in [1.165, 1.54) is 6.20 Å². The monoisotopic (exact) mass is 639 g/mol. The van der Waals surface area contributed by atoms with Crippen LogP contribution in [0.15, 0.2) is 35.1 Å². The molecule has 13 heteroatoms. The van der Waals surface area contributed by atoms with Crippen LogP contribution in [-0.4, -0.2) is 74.6 Å². The first-order valence-electron chi connectivity index (χ1n) is 13.3. The highest BCUT2D eigenvalue weighted by atomic mass is 79.9. The third kappa shape index (κ3) is 8.46. The van der Waals surface area contributed by atoms with Crippen LogP contribution in [0.5, 0.6) is 11.5 Å². The molecular formula is C27H36BrF2N5O4Si. The van der Waals surface area contributed by atoms with Crippen molar-refractivity contribution < 1.29 is 27.8 Å². The van der Waals surface area contributed by atoms with E-state index in [0.717, 1.165) is 44.2 Å². The van der Waals surface area contributed by atoms with Gasteiger partial charge in [-0.2, -0.15) is 0 Å². The molecule has 0 spiro atoms. The molecule has 1 fully saturated rings. The molecule has 3 aromatic rings. The van der Waals surface area contributed by atoms with Gasteiger partial charge in [0.25, 0.3) is 0 Å². The zero-order valence-corrected chi connectivity index (χ0v) is 25.7. The van der Waals surface area contributed by atoms with E-state index < -0.39 is 31.5 Å². The smallest absolute Gasteiger partial charge is 0.319 e. The molecule has 1 aliphatic rings. The molecule has 0 unspecified atom stereocenters. The number of amides is 2. The molecule has 218 valence electrons. The van der Waals surface area contributed by atoms with Crippen molar-refractivity contribution >= 4 is 46.8 Å². The van der Waals surface area contributed by atoms with Gasteiger partial charge < -0.3 is 29.4 Å². The Balaban J connectivity index is 1.37. The van der Waals surface area contributed by atoms with Crippen LogP contribution in [0, 0.1) is 11.6 Å². The van der Waals surface area contributed by atoms with Crippen molar-refractivity contribution in [3.8, 4) is 11.5 Å². The Morgan fingerprint density at radius 3 is 2.62 bits per heavy atom. The predicted molar refractivity (Wildman–Crippen MR) is 157 cm³/mol. The number of pyridine rings is 1. The van der Waals surface area contributed by atoms with Gasteiger partial charge in [-0.05, 0) is 41.0 Å². The van der Waals surface area contributed by atoms with Gasteiger partial charge >= 0.3 is 6.03 Å². The minimum Gasteiger partial charge on any atom is -0.450 e. The molecule has 1 aliphatic heterocycles. The standard InChI is InChI=1S/C27H36BrF2N5O4Si/c1-40(2,3)14-13-38-18-35-17-20(28)24-23(5-7-31-26(24)35)39-25-21(29)15-19(16-22(25)30)33-27(36)32-6-4-8-34-9-11-37-12-10-34/h5,7,15-17H,4,6,8-14,18H2,1-3H3,(H2,32,33,36). The minimum absolute atomic E-state index is 0.0179. The molecule has 0 saturated carbocycles. The first-order valence-corrected chi connectivity index (χ1v) is 17.8. The van der Waals surface area contributed by atoms with Gasteiger partial charge in [0, 0.05) is 69.0 Å².